The molecule has 0 aliphatic heterocycles. The molecule has 1 fully saturated rings. The van der Waals surface area contributed by atoms with Gasteiger partial charge in [0.2, 0.25) is 0 Å². The Kier molecular flexibility index (Phi) is 3.15. The van der Waals surface area contributed by atoms with Crippen LogP contribution >= 0.6 is 0 Å². The summed E-state index contributed by atoms with van der Waals surface area (Å²) in [6, 6.07) is 6.51. The number of hydrogen-bond acceptors (Lipinski definition) is 2. The molecule has 1 aromatic rings. The molecule has 0 amide bonds. The zero-order chi connectivity index (χ0) is 12.5. The van der Waals surface area contributed by atoms with Crippen LogP contribution in [0, 0.1) is 5.82 Å². The molecule has 0 heterocycles. The van der Waals surface area contributed by atoms with Crippen LogP contribution in [0.4, 0.5) is 4.39 Å². The second kappa shape index (κ2) is 4.45. The topological polar surface area (TPSA) is 63.3 Å². The average Bonchev–Trinajstić information content (AvgIpc) is 2.30. The van der Waals surface area contributed by atoms with Crippen molar-refractivity contribution in [2.45, 2.75) is 37.1 Å². The van der Waals surface area contributed by atoms with Crippen LogP contribution in [0.1, 0.15) is 37.2 Å². The molecule has 0 radical (unpaired) electrons. The first-order chi connectivity index (χ1) is 8.01. The minimum atomic E-state index is -1.09. The van der Waals surface area contributed by atoms with Gasteiger partial charge in [-0.2, -0.15) is 0 Å². The fraction of sp³-hybridized carbons (Fsp3) is 0.462. The van der Waals surface area contributed by atoms with E-state index >= 15 is 0 Å². The van der Waals surface area contributed by atoms with Gasteiger partial charge in [-0.05, 0) is 49.3 Å². The highest BCUT2D eigenvalue weighted by Crippen LogP contribution is 2.37. The van der Waals surface area contributed by atoms with E-state index in [0.29, 0.717) is 25.7 Å². The molecule has 92 valence electrons. The van der Waals surface area contributed by atoms with E-state index in [1.165, 1.54) is 12.1 Å². The van der Waals surface area contributed by atoms with Gasteiger partial charge in [0, 0.05) is 0 Å². The summed E-state index contributed by atoms with van der Waals surface area (Å²) in [5, 5.41) is 9.01. The molecule has 1 aromatic carbocycles. The second-order valence-corrected chi connectivity index (χ2v) is 4.79. The van der Waals surface area contributed by atoms with E-state index in [0.717, 1.165) is 5.56 Å². The molecule has 0 spiro atoms. The predicted octanol–water partition coefficient (Wildman–Crippen LogP) is 2.27. The van der Waals surface area contributed by atoms with E-state index in [1.54, 1.807) is 6.07 Å². The van der Waals surface area contributed by atoms with Gasteiger partial charge in [0.05, 0.1) is 0 Å². The van der Waals surface area contributed by atoms with Crippen molar-refractivity contribution in [1.29, 1.82) is 0 Å². The SMILES string of the molecule is NC1(C(=O)O)CCC(c2cccc(F)c2)CC1. The van der Waals surface area contributed by atoms with Crippen LogP contribution < -0.4 is 5.73 Å². The van der Waals surface area contributed by atoms with Crippen molar-refractivity contribution in [2.75, 3.05) is 0 Å². The Morgan fingerprint density at radius 3 is 2.59 bits per heavy atom. The molecular formula is C13H16FNO2. The molecule has 1 saturated carbocycles. The van der Waals surface area contributed by atoms with Crippen molar-refractivity contribution in [3.8, 4) is 0 Å². The number of carboxylic acids is 1. The Morgan fingerprint density at radius 1 is 1.41 bits per heavy atom. The van der Waals surface area contributed by atoms with Gasteiger partial charge in [0.1, 0.15) is 11.4 Å². The maximum absolute atomic E-state index is 13.1. The van der Waals surface area contributed by atoms with Crippen molar-refractivity contribution >= 4 is 5.97 Å². The van der Waals surface area contributed by atoms with E-state index in [-0.39, 0.29) is 11.7 Å². The third kappa shape index (κ3) is 2.47. The van der Waals surface area contributed by atoms with Crippen LogP contribution in [0.25, 0.3) is 0 Å². The van der Waals surface area contributed by atoms with Crippen LogP contribution in [0.5, 0.6) is 0 Å². The molecule has 0 unspecified atom stereocenters. The third-order valence-corrected chi connectivity index (χ3v) is 3.62. The Labute approximate surface area is 99.4 Å². The van der Waals surface area contributed by atoms with Gasteiger partial charge in [-0.15, -0.1) is 0 Å². The standard InChI is InChI=1S/C13H16FNO2/c14-11-3-1-2-10(8-11)9-4-6-13(15,7-5-9)12(16)17/h1-3,8-9H,4-7,15H2,(H,16,17). The highest BCUT2D eigenvalue weighted by Gasteiger charge is 2.38. The van der Waals surface area contributed by atoms with Crippen LogP contribution in [0.2, 0.25) is 0 Å². The molecule has 4 heteroatoms. The molecule has 0 saturated heterocycles. The second-order valence-electron chi connectivity index (χ2n) is 4.79. The number of rotatable bonds is 2. The summed E-state index contributed by atoms with van der Waals surface area (Å²) in [7, 11) is 0. The summed E-state index contributed by atoms with van der Waals surface area (Å²) in [5.41, 5.74) is 5.65. The highest BCUT2D eigenvalue weighted by molar-refractivity contribution is 5.78. The Morgan fingerprint density at radius 2 is 2.06 bits per heavy atom. The molecule has 0 aromatic heterocycles. The normalized spacial score (nSPS) is 28.9. The van der Waals surface area contributed by atoms with Gasteiger partial charge in [-0.3, -0.25) is 4.79 Å². The first kappa shape index (κ1) is 12.0. The van der Waals surface area contributed by atoms with E-state index < -0.39 is 11.5 Å². The molecular weight excluding hydrogens is 221 g/mol. The van der Waals surface area contributed by atoms with Crippen molar-refractivity contribution < 1.29 is 14.3 Å². The lowest BCUT2D eigenvalue weighted by atomic mass is 9.75. The van der Waals surface area contributed by atoms with Crippen LogP contribution in [-0.2, 0) is 4.79 Å². The summed E-state index contributed by atoms with van der Waals surface area (Å²) < 4.78 is 13.1. The largest absolute Gasteiger partial charge is 0.480 e. The van der Waals surface area contributed by atoms with Gasteiger partial charge in [-0.1, -0.05) is 12.1 Å². The molecule has 2 rings (SSSR count). The highest BCUT2D eigenvalue weighted by atomic mass is 19.1. The number of nitrogens with two attached hydrogens (primary N) is 1. The Hall–Kier alpha value is -1.42. The summed E-state index contributed by atoms with van der Waals surface area (Å²) in [6.45, 7) is 0. The molecule has 3 N–H and O–H groups in total. The van der Waals surface area contributed by atoms with Crippen molar-refractivity contribution in [1.82, 2.24) is 0 Å². The lowest BCUT2D eigenvalue weighted by Gasteiger charge is -2.33. The molecule has 1 aliphatic carbocycles. The van der Waals surface area contributed by atoms with Crippen LogP contribution in [-0.4, -0.2) is 16.6 Å². The minimum Gasteiger partial charge on any atom is -0.480 e. The summed E-state index contributed by atoms with van der Waals surface area (Å²) in [5.74, 6) is -0.956. The summed E-state index contributed by atoms with van der Waals surface area (Å²) in [6.07, 6.45) is 2.30. The van der Waals surface area contributed by atoms with E-state index in [1.807, 2.05) is 6.07 Å². The fourth-order valence-electron chi connectivity index (χ4n) is 2.44. The number of carboxylic acid groups (broad SMARTS) is 1. The van der Waals surface area contributed by atoms with Gasteiger partial charge >= 0.3 is 5.97 Å². The Bertz CT molecular complexity index is 425. The number of benzene rings is 1. The number of hydrogen-bond donors (Lipinski definition) is 2. The van der Waals surface area contributed by atoms with Crippen LogP contribution in [0.3, 0.4) is 0 Å². The first-order valence-corrected chi connectivity index (χ1v) is 5.79. The fourth-order valence-corrected chi connectivity index (χ4v) is 2.44. The summed E-state index contributed by atoms with van der Waals surface area (Å²) in [4.78, 5) is 11.0. The number of aliphatic carboxylic acids is 1. The van der Waals surface area contributed by atoms with Gasteiger partial charge < -0.3 is 10.8 Å². The lowest BCUT2D eigenvalue weighted by Crippen LogP contribution is -2.50. The quantitative estimate of drug-likeness (QED) is 0.829. The number of halogens is 1. The average molecular weight is 237 g/mol. The molecule has 3 nitrogen and oxygen atoms in total. The maximum atomic E-state index is 13.1. The van der Waals surface area contributed by atoms with Crippen LogP contribution in [0.15, 0.2) is 24.3 Å². The minimum absolute atomic E-state index is 0.224. The van der Waals surface area contributed by atoms with Gasteiger partial charge in [0.15, 0.2) is 0 Å². The van der Waals surface area contributed by atoms with Crippen molar-refractivity contribution in [3.63, 3.8) is 0 Å². The first-order valence-electron chi connectivity index (χ1n) is 5.79. The lowest BCUT2D eigenvalue weighted by molar-refractivity contribution is -0.144. The summed E-state index contributed by atoms with van der Waals surface area (Å²) >= 11 is 0. The third-order valence-electron chi connectivity index (χ3n) is 3.62. The molecule has 0 bridgehead atoms. The zero-order valence-electron chi connectivity index (χ0n) is 9.53. The van der Waals surface area contributed by atoms with Crippen molar-refractivity contribution in [3.05, 3.63) is 35.6 Å². The smallest absolute Gasteiger partial charge is 0.323 e. The predicted molar refractivity (Wildman–Crippen MR) is 62.2 cm³/mol. The Balaban J connectivity index is 2.07. The van der Waals surface area contributed by atoms with E-state index in [9.17, 15) is 9.18 Å². The number of carbonyl (C=O) groups is 1. The molecule has 17 heavy (non-hydrogen) atoms. The van der Waals surface area contributed by atoms with Gasteiger partial charge in [0.25, 0.3) is 0 Å². The maximum Gasteiger partial charge on any atom is 0.323 e. The molecule has 0 atom stereocenters. The van der Waals surface area contributed by atoms with Crippen molar-refractivity contribution in [2.24, 2.45) is 5.73 Å². The monoisotopic (exact) mass is 237 g/mol. The van der Waals surface area contributed by atoms with E-state index in [4.69, 9.17) is 10.8 Å². The zero-order valence-corrected chi connectivity index (χ0v) is 9.53. The van der Waals surface area contributed by atoms with Gasteiger partial charge in [-0.25, -0.2) is 4.39 Å². The van der Waals surface area contributed by atoms with E-state index in [2.05, 4.69) is 0 Å². The molecule has 1 aliphatic rings.